The van der Waals surface area contributed by atoms with E-state index < -0.39 is 0 Å². The molecule has 0 aliphatic heterocycles. The molecule has 0 spiro atoms. The molecular formula is C11H15BrN2O2. The predicted molar refractivity (Wildman–Crippen MR) is 66.1 cm³/mol. The van der Waals surface area contributed by atoms with Crippen LogP contribution in [0, 0.1) is 0 Å². The SMILES string of the molecule is C[C@H](N)c1ccc(Br)cc1OCCC(N)=O. The van der Waals surface area contributed by atoms with Crippen LogP contribution in [0.15, 0.2) is 22.7 Å². The summed E-state index contributed by atoms with van der Waals surface area (Å²) in [6, 6.07) is 5.52. The molecule has 0 saturated heterocycles. The molecule has 0 unspecified atom stereocenters. The molecule has 1 amide bonds. The third-order valence-electron chi connectivity index (χ3n) is 2.07. The van der Waals surface area contributed by atoms with Gasteiger partial charge in [0.05, 0.1) is 13.0 Å². The minimum absolute atomic E-state index is 0.114. The Balaban J connectivity index is 2.76. The van der Waals surface area contributed by atoms with Gasteiger partial charge in [-0.25, -0.2) is 0 Å². The number of halogens is 1. The lowest BCUT2D eigenvalue weighted by atomic mass is 10.1. The normalized spacial score (nSPS) is 12.2. The lowest BCUT2D eigenvalue weighted by molar-refractivity contribution is -0.118. The number of benzene rings is 1. The van der Waals surface area contributed by atoms with Crippen molar-refractivity contribution in [2.24, 2.45) is 11.5 Å². The van der Waals surface area contributed by atoms with Crippen LogP contribution in [0.2, 0.25) is 0 Å². The number of hydrogen-bond acceptors (Lipinski definition) is 3. The van der Waals surface area contributed by atoms with E-state index in [0.717, 1.165) is 10.0 Å². The van der Waals surface area contributed by atoms with Gasteiger partial charge >= 0.3 is 0 Å². The number of ether oxygens (including phenoxy) is 1. The van der Waals surface area contributed by atoms with Crippen molar-refractivity contribution < 1.29 is 9.53 Å². The second-order valence-corrected chi connectivity index (χ2v) is 4.45. The number of amides is 1. The van der Waals surface area contributed by atoms with E-state index in [2.05, 4.69) is 15.9 Å². The third-order valence-corrected chi connectivity index (χ3v) is 2.57. The van der Waals surface area contributed by atoms with Crippen molar-refractivity contribution >= 4 is 21.8 Å². The molecule has 0 fully saturated rings. The highest BCUT2D eigenvalue weighted by molar-refractivity contribution is 9.10. The number of hydrogen-bond donors (Lipinski definition) is 2. The average Bonchev–Trinajstić information content (AvgIpc) is 2.16. The van der Waals surface area contributed by atoms with E-state index in [9.17, 15) is 4.79 Å². The van der Waals surface area contributed by atoms with Crippen LogP contribution in [0.4, 0.5) is 0 Å². The van der Waals surface area contributed by atoms with Crippen LogP contribution < -0.4 is 16.2 Å². The van der Waals surface area contributed by atoms with Crippen LogP contribution in [-0.2, 0) is 4.79 Å². The van der Waals surface area contributed by atoms with Crippen molar-refractivity contribution in [3.63, 3.8) is 0 Å². The van der Waals surface area contributed by atoms with Gasteiger partial charge in [0.15, 0.2) is 0 Å². The molecule has 0 aromatic heterocycles. The molecule has 0 bridgehead atoms. The molecule has 16 heavy (non-hydrogen) atoms. The molecule has 4 nitrogen and oxygen atoms in total. The lowest BCUT2D eigenvalue weighted by Gasteiger charge is -2.13. The average molecular weight is 287 g/mol. The van der Waals surface area contributed by atoms with Crippen molar-refractivity contribution in [2.75, 3.05) is 6.61 Å². The Morgan fingerprint density at radius 3 is 2.81 bits per heavy atom. The van der Waals surface area contributed by atoms with Gasteiger partial charge in [0, 0.05) is 16.1 Å². The minimum atomic E-state index is -0.377. The third kappa shape index (κ3) is 3.83. The van der Waals surface area contributed by atoms with Crippen molar-refractivity contribution in [2.45, 2.75) is 19.4 Å². The van der Waals surface area contributed by atoms with Crippen LogP contribution in [0.5, 0.6) is 5.75 Å². The van der Waals surface area contributed by atoms with Crippen LogP contribution in [-0.4, -0.2) is 12.5 Å². The van der Waals surface area contributed by atoms with Crippen LogP contribution in [0.1, 0.15) is 24.9 Å². The number of primary amides is 1. The van der Waals surface area contributed by atoms with Crippen molar-refractivity contribution in [3.05, 3.63) is 28.2 Å². The standard InChI is InChI=1S/C11H15BrN2O2/c1-7(13)9-3-2-8(12)6-10(9)16-5-4-11(14)15/h2-3,6-7H,4-5,13H2,1H3,(H2,14,15)/t7-/m0/s1. The fourth-order valence-electron chi connectivity index (χ4n) is 1.27. The van der Waals surface area contributed by atoms with Gasteiger partial charge in [0.25, 0.3) is 0 Å². The summed E-state index contributed by atoms with van der Waals surface area (Å²) in [6.07, 6.45) is 0.199. The molecule has 88 valence electrons. The molecule has 0 aliphatic rings. The Bertz CT molecular complexity index is 380. The number of rotatable bonds is 5. The smallest absolute Gasteiger partial charge is 0.220 e. The maximum absolute atomic E-state index is 10.6. The Morgan fingerprint density at radius 1 is 1.56 bits per heavy atom. The molecule has 0 saturated carbocycles. The summed E-state index contributed by atoms with van der Waals surface area (Å²) in [5, 5.41) is 0. The summed E-state index contributed by atoms with van der Waals surface area (Å²) in [5.74, 6) is 0.308. The minimum Gasteiger partial charge on any atom is -0.493 e. The molecular weight excluding hydrogens is 272 g/mol. The Morgan fingerprint density at radius 2 is 2.25 bits per heavy atom. The zero-order valence-electron chi connectivity index (χ0n) is 9.07. The molecule has 0 heterocycles. The maximum atomic E-state index is 10.6. The van der Waals surface area contributed by atoms with E-state index in [1.807, 2.05) is 25.1 Å². The van der Waals surface area contributed by atoms with E-state index in [-0.39, 0.29) is 25.0 Å². The lowest BCUT2D eigenvalue weighted by Crippen LogP contribution is -2.15. The second-order valence-electron chi connectivity index (χ2n) is 3.54. The van der Waals surface area contributed by atoms with Gasteiger partial charge in [-0.2, -0.15) is 0 Å². The van der Waals surface area contributed by atoms with Crippen LogP contribution in [0.25, 0.3) is 0 Å². The van der Waals surface area contributed by atoms with Gasteiger partial charge in [0.2, 0.25) is 5.91 Å². The molecule has 4 N–H and O–H groups in total. The Labute approximate surface area is 103 Å². The topological polar surface area (TPSA) is 78.3 Å². The first-order chi connectivity index (χ1) is 7.50. The largest absolute Gasteiger partial charge is 0.493 e. The fourth-order valence-corrected chi connectivity index (χ4v) is 1.61. The zero-order valence-corrected chi connectivity index (χ0v) is 10.7. The van der Waals surface area contributed by atoms with E-state index >= 15 is 0 Å². The summed E-state index contributed by atoms with van der Waals surface area (Å²) >= 11 is 3.35. The maximum Gasteiger partial charge on any atom is 0.220 e. The molecule has 0 aliphatic carbocycles. The monoisotopic (exact) mass is 286 g/mol. The van der Waals surface area contributed by atoms with Crippen molar-refractivity contribution in [1.82, 2.24) is 0 Å². The molecule has 1 atom stereocenters. The predicted octanol–water partition coefficient (Wildman–Crippen LogP) is 1.72. The quantitative estimate of drug-likeness (QED) is 0.865. The zero-order chi connectivity index (χ0) is 12.1. The first-order valence-electron chi connectivity index (χ1n) is 4.97. The highest BCUT2D eigenvalue weighted by Gasteiger charge is 2.08. The number of carbonyl (C=O) groups excluding carboxylic acids is 1. The summed E-state index contributed by atoms with van der Waals surface area (Å²) in [5.41, 5.74) is 11.8. The van der Waals surface area contributed by atoms with E-state index in [0.29, 0.717) is 5.75 Å². The number of carbonyl (C=O) groups is 1. The molecule has 1 rings (SSSR count). The Hall–Kier alpha value is -1.07. The molecule has 1 aromatic carbocycles. The fraction of sp³-hybridized carbons (Fsp3) is 0.364. The van der Waals surface area contributed by atoms with Gasteiger partial charge in [-0.15, -0.1) is 0 Å². The van der Waals surface area contributed by atoms with Gasteiger partial charge in [-0.05, 0) is 19.1 Å². The number of nitrogens with two attached hydrogens (primary N) is 2. The van der Waals surface area contributed by atoms with Gasteiger partial charge in [-0.3, -0.25) is 4.79 Å². The Kier molecular flexibility index (Phi) is 4.76. The van der Waals surface area contributed by atoms with Crippen molar-refractivity contribution in [3.8, 4) is 5.75 Å². The summed E-state index contributed by atoms with van der Waals surface area (Å²) < 4.78 is 6.39. The highest BCUT2D eigenvalue weighted by Crippen LogP contribution is 2.27. The molecule has 0 radical (unpaired) electrons. The van der Waals surface area contributed by atoms with Gasteiger partial charge < -0.3 is 16.2 Å². The van der Waals surface area contributed by atoms with Gasteiger partial charge in [-0.1, -0.05) is 22.0 Å². The first-order valence-corrected chi connectivity index (χ1v) is 5.76. The highest BCUT2D eigenvalue weighted by atomic mass is 79.9. The van der Waals surface area contributed by atoms with Crippen molar-refractivity contribution in [1.29, 1.82) is 0 Å². The van der Waals surface area contributed by atoms with Gasteiger partial charge in [0.1, 0.15) is 5.75 Å². The summed E-state index contributed by atoms with van der Waals surface area (Å²) in [7, 11) is 0. The molecule has 5 heteroatoms. The van der Waals surface area contributed by atoms with E-state index in [4.69, 9.17) is 16.2 Å². The second kappa shape index (κ2) is 5.86. The first kappa shape index (κ1) is 13.0. The summed E-state index contributed by atoms with van der Waals surface area (Å²) in [4.78, 5) is 10.6. The van der Waals surface area contributed by atoms with Crippen LogP contribution >= 0.6 is 15.9 Å². The van der Waals surface area contributed by atoms with E-state index in [1.54, 1.807) is 0 Å². The summed E-state index contributed by atoms with van der Waals surface area (Å²) in [6.45, 7) is 2.15. The molecule has 1 aromatic rings. The van der Waals surface area contributed by atoms with Crippen LogP contribution in [0.3, 0.4) is 0 Å². The van der Waals surface area contributed by atoms with E-state index in [1.165, 1.54) is 0 Å².